The maximum absolute atomic E-state index is 9.16. The molecule has 94 valence electrons. The van der Waals surface area contributed by atoms with Crippen LogP contribution in [0.3, 0.4) is 0 Å². The average molecular weight is 271 g/mol. The molecule has 19 heavy (non-hydrogen) atoms. The monoisotopic (exact) mass is 270 g/mol. The second-order valence-electron chi connectivity index (χ2n) is 3.90. The number of amidine groups is 1. The van der Waals surface area contributed by atoms with E-state index < -0.39 is 0 Å². The first-order valence-electron chi connectivity index (χ1n) is 5.61. The summed E-state index contributed by atoms with van der Waals surface area (Å²) < 4.78 is 0. The predicted octanol–water partition coefficient (Wildman–Crippen LogP) is 3.04. The molecule has 2 aromatic rings. The van der Waals surface area contributed by atoms with Gasteiger partial charge in [0.05, 0.1) is 6.54 Å². The van der Waals surface area contributed by atoms with Crippen LogP contribution in [0, 0.1) is 16.9 Å². The van der Waals surface area contributed by atoms with Crippen molar-refractivity contribution in [1.82, 2.24) is 9.88 Å². The summed E-state index contributed by atoms with van der Waals surface area (Å²) in [4.78, 5) is 5.25. The van der Waals surface area contributed by atoms with E-state index in [1.54, 1.807) is 36.7 Å². The van der Waals surface area contributed by atoms with Crippen LogP contribution in [0.1, 0.15) is 11.1 Å². The molecule has 5 heteroatoms. The molecule has 4 nitrogen and oxygen atoms in total. The molecule has 0 saturated carbocycles. The third-order valence-corrected chi connectivity index (χ3v) is 2.83. The van der Waals surface area contributed by atoms with E-state index in [1.807, 2.05) is 18.3 Å². The predicted molar refractivity (Wildman–Crippen MR) is 73.7 cm³/mol. The summed E-state index contributed by atoms with van der Waals surface area (Å²) in [5.41, 5.74) is 1.53. The molecular weight excluding hydrogens is 260 g/mol. The van der Waals surface area contributed by atoms with Crippen molar-refractivity contribution in [3.05, 3.63) is 64.9 Å². The number of benzene rings is 1. The standard InChI is InChI=1S/C14H11ClN4/c15-13-5-3-11(4-6-13)9-19(10-16)14(17)12-2-1-7-18-8-12/h1-8,17H,9H2. The topological polar surface area (TPSA) is 63.8 Å². The lowest BCUT2D eigenvalue weighted by atomic mass is 10.2. The van der Waals surface area contributed by atoms with Crippen molar-refractivity contribution in [2.45, 2.75) is 6.54 Å². The van der Waals surface area contributed by atoms with Gasteiger partial charge >= 0.3 is 0 Å². The van der Waals surface area contributed by atoms with Crippen LogP contribution in [0.25, 0.3) is 0 Å². The van der Waals surface area contributed by atoms with Crippen LogP contribution in [0.15, 0.2) is 48.8 Å². The number of aromatic nitrogens is 1. The molecule has 1 heterocycles. The van der Waals surface area contributed by atoms with Gasteiger partial charge in [-0.2, -0.15) is 5.26 Å². The molecular formula is C14H11ClN4. The van der Waals surface area contributed by atoms with Gasteiger partial charge in [-0.05, 0) is 29.8 Å². The van der Waals surface area contributed by atoms with E-state index in [0.717, 1.165) is 5.56 Å². The first kappa shape index (κ1) is 13.1. The highest BCUT2D eigenvalue weighted by molar-refractivity contribution is 6.30. The Balaban J connectivity index is 2.15. The summed E-state index contributed by atoms with van der Waals surface area (Å²) in [6, 6.07) is 10.7. The van der Waals surface area contributed by atoms with E-state index >= 15 is 0 Å². The van der Waals surface area contributed by atoms with Gasteiger partial charge in [0.1, 0.15) is 5.84 Å². The van der Waals surface area contributed by atoms with Crippen molar-refractivity contribution in [2.75, 3.05) is 0 Å². The molecule has 0 saturated heterocycles. The molecule has 2 rings (SSSR count). The molecule has 1 aromatic carbocycles. The van der Waals surface area contributed by atoms with E-state index in [1.165, 1.54) is 4.90 Å². The van der Waals surface area contributed by atoms with E-state index in [-0.39, 0.29) is 5.84 Å². The van der Waals surface area contributed by atoms with Gasteiger partial charge in [0.25, 0.3) is 0 Å². The highest BCUT2D eigenvalue weighted by Gasteiger charge is 2.11. The summed E-state index contributed by atoms with van der Waals surface area (Å²) in [6.45, 7) is 0.335. The number of nitriles is 1. The second kappa shape index (κ2) is 5.98. The number of nitrogens with one attached hydrogen (secondary N) is 1. The lowest BCUT2D eigenvalue weighted by molar-refractivity contribution is 0.568. The first-order valence-corrected chi connectivity index (χ1v) is 5.99. The first-order chi connectivity index (χ1) is 9.20. The molecule has 0 spiro atoms. The fourth-order valence-electron chi connectivity index (χ4n) is 1.60. The molecule has 0 aliphatic rings. The van der Waals surface area contributed by atoms with E-state index in [4.69, 9.17) is 22.3 Å². The van der Waals surface area contributed by atoms with Crippen LogP contribution >= 0.6 is 11.6 Å². The SMILES string of the molecule is N#CN(Cc1ccc(Cl)cc1)C(=N)c1cccnc1. The zero-order chi connectivity index (χ0) is 13.7. The Kier molecular flexibility index (Phi) is 4.11. The van der Waals surface area contributed by atoms with Crippen LogP contribution < -0.4 is 0 Å². The quantitative estimate of drug-likeness (QED) is 0.403. The van der Waals surface area contributed by atoms with E-state index in [2.05, 4.69) is 4.98 Å². The van der Waals surface area contributed by atoms with Crippen molar-refractivity contribution in [1.29, 1.82) is 10.7 Å². The van der Waals surface area contributed by atoms with Gasteiger partial charge in [0.2, 0.25) is 0 Å². The molecule has 0 unspecified atom stereocenters. The fraction of sp³-hybridized carbons (Fsp3) is 0.0714. The summed E-state index contributed by atoms with van der Waals surface area (Å²) >= 11 is 5.81. The second-order valence-corrected chi connectivity index (χ2v) is 4.34. The van der Waals surface area contributed by atoms with Gasteiger partial charge < -0.3 is 0 Å². The number of hydrogen-bond acceptors (Lipinski definition) is 3. The summed E-state index contributed by atoms with van der Waals surface area (Å²) in [5.74, 6) is 0.130. The van der Waals surface area contributed by atoms with Crippen LogP contribution in [0.2, 0.25) is 5.02 Å². The molecule has 1 aromatic heterocycles. The Morgan fingerprint density at radius 1 is 1.32 bits per heavy atom. The Labute approximate surface area is 116 Å². The third-order valence-electron chi connectivity index (χ3n) is 2.58. The van der Waals surface area contributed by atoms with E-state index in [0.29, 0.717) is 17.1 Å². The zero-order valence-corrected chi connectivity index (χ0v) is 10.8. The average Bonchev–Trinajstić information content (AvgIpc) is 2.47. The summed E-state index contributed by atoms with van der Waals surface area (Å²) in [7, 11) is 0. The fourth-order valence-corrected chi connectivity index (χ4v) is 1.72. The lowest BCUT2D eigenvalue weighted by Crippen LogP contribution is -2.25. The van der Waals surface area contributed by atoms with Gasteiger partial charge in [0, 0.05) is 23.0 Å². The zero-order valence-electron chi connectivity index (χ0n) is 10.0. The number of nitrogens with zero attached hydrogens (tertiary/aromatic N) is 3. The molecule has 0 bridgehead atoms. The van der Waals surface area contributed by atoms with Crippen molar-refractivity contribution in [3.63, 3.8) is 0 Å². The maximum atomic E-state index is 9.16. The van der Waals surface area contributed by atoms with Crippen molar-refractivity contribution >= 4 is 17.4 Å². The molecule has 1 N–H and O–H groups in total. The van der Waals surface area contributed by atoms with Crippen LogP contribution in [-0.4, -0.2) is 15.7 Å². The van der Waals surface area contributed by atoms with Crippen LogP contribution in [0.4, 0.5) is 0 Å². The van der Waals surface area contributed by atoms with Crippen molar-refractivity contribution in [2.24, 2.45) is 0 Å². The Bertz CT molecular complexity index is 602. The summed E-state index contributed by atoms with van der Waals surface area (Å²) in [6.07, 6.45) is 5.21. The molecule has 0 atom stereocenters. The van der Waals surface area contributed by atoms with E-state index in [9.17, 15) is 0 Å². The minimum atomic E-state index is 0.130. The summed E-state index contributed by atoms with van der Waals surface area (Å²) in [5, 5.41) is 17.8. The largest absolute Gasteiger partial charge is 0.283 e. The molecule has 0 radical (unpaired) electrons. The van der Waals surface area contributed by atoms with Crippen molar-refractivity contribution < 1.29 is 0 Å². The minimum Gasteiger partial charge on any atom is -0.283 e. The Morgan fingerprint density at radius 2 is 2.05 bits per heavy atom. The van der Waals surface area contributed by atoms with Gasteiger partial charge in [-0.25, -0.2) is 0 Å². The molecule has 0 aliphatic heterocycles. The highest BCUT2D eigenvalue weighted by atomic mass is 35.5. The minimum absolute atomic E-state index is 0.130. The van der Waals surface area contributed by atoms with Crippen LogP contribution in [-0.2, 0) is 6.54 Å². The normalized spacial score (nSPS) is 9.68. The van der Waals surface area contributed by atoms with Gasteiger partial charge in [0.15, 0.2) is 6.19 Å². The molecule has 0 amide bonds. The Hall–Kier alpha value is -2.38. The number of hydrogen-bond donors (Lipinski definition) is 1. The number of halogens is 1. The smallest absolute Gasteiger partial charge is 0.185 e. The number of rotatable bonds is 3. The lowest BCUT2D eigenvalue weighted by Gasteiger charge is -2.16. The van der Waals surface area contributed by atoms with Gasteiger partial charge in [-0.1, -0.05) is 23.7 Å². The van der Waals surface area contributed by atoms with Gasteiger partial charge in [-0.3, -0.25) is 15.3 Å². The third kappa shape index (κ3) is 3.30. The maximum Gasteiger partial charge on any atom is 0.185 e. The van der Waals surface area contributed by atoms with Crippen LogP contribution in [0.5, 0.6) is 0 Å². The molecule has 0 fully saturated rings. The number of pyridine rings is 1. The highest BCUT2D eigenvalue weighted by Crippen LogP contribution is 2.12. The Morgan fingerprint density at radius 3 is 2.63 bits per heavy atom. The van der Waals surface area contributed by atoms with Gasteiger partial charge in [-0.15, -0.1) is 0 Å². The molecule has 0 aliphatic carbocycles. The van der Waals surface area contributed by atoms with Crippen molar-refractivity contribution in [3.8, 4) is 6.19 Å².